The van der Waals surface area contributed by atoms with E-state index in [-0.39, 0.29) is 30.7 Å². The largest absolute Gasteiger partial charge is 0.383 e. The minimum Gasteiger partial charge on any atom is -0.383 e. The molecule has 0 unspecified atom stereocenters. The Hall–Kier alpha value is -1.57. The van der Waals surface area contributed by atoms with Crippen LogP contribution in [-0.2, 0) is 16.9 Å². The molecule has 0 radical (unpaired) electrons. The first-order valence-electron chi connectivity index (χ1n) is 9.16. The molecule has 2 N–H and O–H groups in total. The molecule has 0 bridgehead atoms. The standard InChI is InChI=1S/C17H24F2N4O2/c18-17(19)7-12(8-17)15(24)20-13-4-1-3-11(13)9-23-10-14(21-22-23)16(25)5-2-6-16/h10-13,25H,1-9H2,(H,20,24)/t11-,13-/m0/s1. The third kappa shape index (κ3) is 3.28. The molecule has 6 nitrogen and oxygen atoms in total. The average molecular weight is 354 g/mol. The molecule has 1 heterocycles. The van der Waals surface area contributed by atoms with Gasteiger partial charge in [-0.3, -0.25) is 9.48 Å². The lowest BCUT2D eigenvalue weighted by atomic mass is 9.78. The number of carbonyl (C=O) groups is 1. The summed E-state index contributed by atoms with van der Waals surface area (Å²) in [6, 6.07) is 0.00108. The lowest BCUT2D eigenvalue weighted by Gasteiger charge is -2.35. The molecule has 0 aromatic carbocycles. The van der Waals surface area contributed by atoms with Crippen LogP contribution >= 0.6 is 0 Å². The minimum absolute atomic E-state index is 0.00108. The Morgan fingerprint density at radius 1 is 1.32 bits per heavy atom. The molecule has 0 saturated heterocycles. The van der Waals surface area contributed by atoms with Crippen molar-refractivity contribution in [3.63, 3.8) is 0 Å². The van der Waals surface area contributed by atoms with Crippen LogP contribution in [0.4, 0.5) is 8.78 Å². The first kappa shape index (κ1) is 16.9. The number of halogens is 2. The zero-order valence-electron chi connectivity index (χ0n) is 14.1. The number of aliphatic hydroxyl groups is 1. The van der Waals surface area contributed by atoms with Crippen molar-refractivity contribution in [2.45, 2.75) is 75.5 Å². The van der Waals surface area contributed by atoms with Gasteiger partial charge in [0.25, 0.3) is 0 Å². The lowest BCUT2D eigenvalue weighted by Crippen LogP contribution is -2.49. The van der Waals surface area contributed by atoms with Crippen molar-refractivity contribution >= 4 is 5.91 Å². The Morgan fingerprint density at radius 3 is 2.72 bits per heavy atom. The van der Waals surface area contributed by atoms with Gasteiger partial charge in [0.1, 0.15) is 11.3 Å². The number of nitrogens with one attached hydrogen (secondary N) is 1. The van der Waals surface area contributed by atoms with Crippen LogP contribution in [0.15, 0.2) is 6.20 Å². The molecule has 1 amide bonds. The summed E-state index contributed by atoms with van der Waals surface area (Å²) < 4.78 is 27.6. The van der Waals surface area contributed by atoms with Crippen molar-refractivity contribution < 1.29 is 18.7 Å². The highest BCUT2D eigenvalue weighted by Crippen LogP contribution is 2.43. The maximum absolute atomic E-state index is 12.9. The van der Waals surface area contributed by atoms with Crippen LogP contribution in [0.5, 0.6) is 0 Å². The SMILES string of the molecule is O=C(N[C@H]1CCC[C@H]1Cn1cc(C2(O)CCC2)nn1)C1CC(F)(F)C1. The zero-order valence-corrected chi connectivity index (χ0v) is 14.1. The van der Waals surface area contributed by atoms with Crippen molar-refractivity contribution in [1.29, 1.82) is 0 Å². The van der Waals surface area contributed by atoms with Gasteiger partial charge in [0.2, 0.25) is 11.8 Å². The minimum atomic E-state index is -2.67. The van der Waals surface area contributed by atoms with Gasteiger partial charge in [0.05, 0.1) is 6.20 Å². The molecule has 138 valence electrons. The predicted molar refractivity (Wildman–Crippen MR) is 84.7 cm³/mol. The van der Waals surface area contributed by atoms with E-state index in [0.29, 0.717) is 12.2 Å². The summed E-state index contributed by atoms with van der Waals surface area (Å²) in [5.74, 6) is -3.25. The molecule has 25 heavy (non-hydrogen) atoms. The molecule has 0 spiro atoms. The van der Waals surface area contributed by atoms with Gasteiger partial charge in [-0.15, -0.1) is 5.10 Å². The molecular weight excluding hydrogens is 330 g/mol. The number of carbonyl (C=O) groups excluding carboxylic acids is 1. The van der Waals surface area contributed by atoms with E-state index in [1.54, 1.807) is 10.9 Å². The molecule has 8 heteroatoms. The van der Waals surface area contributed by atoms with E-state index in [4.69, 9.17) is 0 Å². The summed E-state index contributed by atoms with van der Waals surface area (Å²) in [5, 5.41) is 21.5. The van der Waals surface area contributed by atoms with Gasteiger partial charge in [-0.1, -0.05) is 11.6 Å². The van der Waals surface area contributed by atoms with E-state index < -0.39 is 17.4 Å². The number of rotatable bonds is 5. The van der Waals surface area contributed by atoms with Crippen molar-refractivity contribution in [2.24, 2.45) is 11.8 Å². The maximum Gasteiger partial charge on any atom is 0.249 e. The first-order chi connectivity index (χ1) is 11.8. The van der Waals surface area contributed by atoms with Gasteiger partial charge < -0.3 is 10.4 Å². The van der Waals surface area contributed by atoms with Crippen LogP contribution in [0.1, 0.15) is 57.1 Å². The molecule has 3 saturated carbocycles. The van der Waals surface area contributed by atoms with Gasteiger partial charge in [-0.05, 0) is 38.0 Å². The molecule has 0 aliphatic heterocycles. The quantitative estimate of drug-likeness (QED) is 0.847. The van der Waals surface area contributed by atoms with Crippen molar-refractivity contribution in [3.05, 3.63) is 11.9 Å². The lowest BCUT2D eigenvalue weighted by molar-refractivity contribution is -0.151. The second-order valence-corrected chi connectivity index (χ2v) is 7.98. The van der Waals surface area contributed by atoms with Crippen LogP contribution in [0.3, 0.4) is 0 Å². The summed E-state index contributed by atoms with van der Waals surface area (Å²) in [6.07, 6.45) is 6.41. The van der Waals surface area contributed by atoms with Crippen LogP contribution in [0, 0.1) is 11.8 Å². The smallest absolute Gasteiger partial charge is 0.249 e. The fraction of sp³-hybridized carbons (Fsp3) is 0.824. The van der Waals surface area contributed by atoms with E-state index in [1.165, 1.54) is 0 Å². The monoisotopic (exact) mass is 354 g/mol. The zero-order chi connectivity index (χ0) is 17.7. The van der Waals surface area contributed by atoms with Crippen LogP contribution in [0.2, 0.25) is 0 Å². The van der Waals surface area contributed by atoms with Crippen molar-refractivity contribution in [1.82, 2.24) is 20.3 Å². The second-order valence-electron chi connectivity index (χ2n) is 7.98. The summed E-state index contributed by atoms with van der Waals surface area (Å²) >= 11 is 0. The highest BCUT2D eigenvalue weighted by atomic mass is 19.3. The molecular formula is C17H24F2N4O2. The molecule has 1 aromatic rings. The molecule has 2 atom stereocenters. The van der Waals surface area contributed by atoms with Gasteiger partial charge in [-0.25, -0.2) is 8.78 Å². The molecule has 3 fully saturated rings. The Labute approximate surface area is 145 Å². The average Bonchev–Trinajstić information content (AvgIpc) is 3.13. The number of aromatic nitrogens is 3. The highest BCUT2D eigenvalue weighted by molar-refractivity contribution is 5.80. The topological polar surface area (TPSA) is 80.0 Å². The highest BCUT2D eigenvalue weighted by Gasteiger charge is 2.49. The van der Waals surface area contributed by atoms with Crippen LogP contribution in [0.25, 0.3) is 0 Å². The van der Waals surface area contributed by atoms with Crippen molar-refractivity contribution in [3.8, 4) is 0 Å². The third-order valence-corrected chi connectivity index (χ3v) is 6.07. The van der Waals surface area contributed by atoms with Crippen LogP contribution in [-0.4, -0.2) is 38.0 Å². The summed E-state index contributed by atoms with van der Waals surface area (Å²) in [5.41, 5.74) is -0.203. The molecule has 3 aliphatic carbocycles. The van der Waals surface area contributed by atoms with Crippen LogP contribution < -0.4 is 5.32 Å². The van der Waals surface area contributed by atoms with Gasteiger partial charge in [0, 0.05) is 31.3 Å². The van der Waals surface area contributed by atoms with E-state index >= 15 is 0 Å². The molecule has 4 rings (SSSR count). The van der Waals surface area contributed by atoms with E-state index in [0.717, 1.165) is 38.5 Å². The third-order valence-electron chi connectivity index (χ3n) is 6.07. The first-order valence-corrected chi connectivity index (χ1v) is 9.16. The fourth-order valence-electron chi connectivity index (χ4n) is 4.20. The number of hydrogen-bond acceptors (Lipinski definition) is 4. The Morgan fingerprint density at radius 2 is 2.08 bits per heavy atom. The molecule has 1 aromatic heterocycles. The number of hydrogen-bond donors (Lipinski definition) is 2. The van der Waals surface area contributed by atoms with E-state index in [1.807, 2.05) is 0 Å². The number of amides is 1. The van der Waals surface area contributed by atoms with Gasteiger partial charge in [-0.2, -0.15) is 0 Å². The Bertz CT molecular complexity index is 651. The summed E-state index contributed by atoms with van der Waals surface area (Å²) in [7, 11) is 0. The Kier molecular flexibility index (Phi) is 4.05. The normalized spacial score (nSPS) is 30.5. The number of nitrogens with zero attached hydrogens (tertiary/aromatic N) is 3. The number of alkyl halides is 2. The predicted octanol–water partition coefficient (Wildman–Crippen LogP) is 1.98. The van der Waals surface area contributed by atoms with Gasteiger partial charge in [0.15, 0.2) is 0 Å². The maximum atomic E-state index is 12.9. The molecule has 3 aliphatic rings. The van der Waals surface area contributed by atoms with E-state index in [9.17, 15) is 18.7 Å². The summed E-state index contributed by atoms with van der Waals surface area (Å²) in [6.45, 7) is 0.620. The second kappa shape index (κ2) is 6.00. The van der Waals surface area contributed by atoms with Gasteiger partial charge >= 0.3 is 0 Å². The summed E-state index contributed by atoms with van der Waals surface area (Å²) in [4.78, 5) is 12.1. The van der Waals surface area contributed by atoms with Crippen molar-refractivity contribution in [2.75, 3.05) is 0 Å². The van der Waals surface area contributed by atoms with E-state index in [2.05, 4.69) is 15.6 Å². The Balaban J connectivity index is 1.33. The fourth-order valence-corrected chi connectivity index (χ4v) is 4.20.